The molecule has 1 atom stereocenters. The molecule has 0 radical (unpaired) electrons. The average Bonchev–Trinajstić information content (AvgIpc) is 3.30. The van der Waals surface area contributed by atoms with Gasteiger partial charge in [0.05, 0.1) is 6.54 Å². The van der Waals surface area contributed by atoms with Gasteiger partial charge in [-0.2, -0.15) is 0 Å². The topological polar surface area (TPSA) is 54.3 Å². The standard InChI is InChI=1S/C31H41N3O2/c1-31(30(36)32-26-17-11-3-2-4-12-18-26)23-33-27(25-15-9-6-10-16-25)19-20-28(33)29(35)34(31)22-21-24-13-7-5-8-14-24/h6,9-10,13,15-16,19-20,26H,2-5,7-8,11-12,14,17-18,21-23H2,1H3,(H,32,36)/t31-/m0/s1. The third kappa shape index (κ3) is 5.16. The van der Waals surface area contributed by atoms with E-state index in [-0.39, 0.29) is 17.9 Å². The molecule has 192 valence electrons. The minimum atomic E-state index is -0.926. The molecule has 1 N–H and O–H groups in total. The molecule has 5 nitrogen and oxygen atoms in total. The van der Waals surface area contributed by atoms with E-state index >= 15 is 0 Å². The second kappa shape index (κ2) is 11.1. The van der Waals surface area contributed by atoms with Crippen molar-refractivity contribution in [1.82, 2.24) is 14.8 Å². The van der Waals surface area contributed by atoms with E-state index in [1.54, 1.807) is 0 Å². The number of hydrogen-bond acceptors (Lipinski definition) is 2. The van der Waals surface area contributed by atoms with E-state index in [2.05, 4.69) is 28.1 Å². The van der Waals surface area contributed by atoms with Crippen LogP contribution in [0.4, 0.5) is 0 Å². The lowest BCUT2D eigenvalue weighted by Crippen LogP contribution is -2.65. The van der Waals surface area contributed by atoms with Gasteiger partial charge in [0.15, 0.2) is 0 Å². The molecule has 1 aromatic carbocycles. The average molecular weight is 488 g/mol. The molecule has 1 aromatic heterocycles. The van der Waals surface area contributed by atoms with Gasteiger partial charge in [-0.3, -0.25) is 9.59 Å². The summed E-state index contributed by atoms with van der Waals surface area (Å²) in [7, 11) is 0. The third-order valence-corrected chi connectivity index (χ3v) is 8.55. The first-order chi connectivity index (χ1) is 17.6. The normalized spacial score (nSPS) is 23.4. The van der Waals surface area contributed by atoms with Crippen molar-refractivity contribution in [2.75, 3.05) is 6.54 Å². The first-order valence-corrected chi connectivity index (χ1v) is 14.1. The summed E-state index contributed by atoms with van der Waals surface area (Å²) >= 11 is 0. The fraction of sp³-hybridized carbons (Fsp3) is 0.548. The van der Waals surface area contributed by atoms with Gasteiger partial charge < -0.3 is 14.8 Å². The Morgan fingerprint density at radius 2 is 1.67 bits per heavy atom. The molecule has 2 amide bonds. The number of carbonyl (C=O) groups excluding carboxylic acids is 2. The van der Waals surface area contributed by atoms with Gasteiger partial charge in [-0.05, 0) is 69.6 Å². The number of allylic oxidation sites excluding steroid dienone is 1. The zero-order chi connectivity index (χ0) is 25.0. The van der Waals surface area contributed by atoms with Crippen LogP contribution in [0, 0.1) is 0 Å². The van der Waals surface area contributed by atoms with E-state index < -0.39 is 5.54 Å². The van der Waals surface area contributed by atoms with Crippen LogP contribution >= 0.6 is 0 Å². The quantitative estimate of drug-likeness (QED) is 0.474. The number of nitrogens with zero attached hydrogens (tertiary/aromatic N) is 2. The molecule has 1 aliphatic heterocycles. The van der Waals surface area contributed by atoms with Crippen molar-refractivity contribution < 1.29 is 9.59 Å². The Hall–Kier alpha value is -2.82. The summed E-state index contributed by atoms with van der Waals surface area (Å²) in [6, 6.07) is 14.3. The zero-order valence-corrected chi connectivity index (χ0v) is 21.8. The highest BCUT2D eigenvalue weighted by Gasteiger charge is 2.48. The molecule has 2 aromatic rings. The first kappa shape index (κ1) is 24.9. The molecule has 2 heterocycles. The van der Waals surface area contributed by atoms with Crippen molar-refractivity contribution in [3.63, 3.8) is 0 Å². The van der Waals surface area contributed by atoms with Crippen molar-refractivity contribution in [2.45, 2.75) is 102 Å². The Kier molecular flexibility index (Phi) is 7.64. The number of amides is 2. The van der Waals surface area contributed by atoms with Crippen molar-refractivity contribution in [1.29, 1.82) is 0 Å². The van der Waals surface area contributed by atoms with Gasteiger partial charge in [-0.25, -0.2) is 0 Å². The fourth-order valence-corrected chi connectivity index (χ4v) is 6.31. The molecule has 0 spiro atoms. The van der Waals surface area contributed by atoms with E-state index in [4.69, 9.17) is 0 Å². The summed E-state index contributed by atoms with van der Waals surface area (Å²) in [5.74, 6) is -0.0347. The van der Waals surface area contributed by atoms with Crippen molar-refractivity contribution >= 4 is 11.8 Å². The molecule has 1 fully saturated rings. The summed E-state index contributed by atoms with van der Waals surface area (Å²) in [4.78, 5) is 29.9. The molecule has 36 heavy (non-hydrogen) atoms. The van der Waals surface area contributed by atoms with Crippen molar-refractivity contribution in [2.24, 2.45) is 0 Å². The van der Waals surface area contributed by atoms with E-state index in [0.717, 1.165) is 43.4 Å². The molecular weight excluding hydrogens is 446 g/mol. The predicted molar refractivity (Wildman–Crippen MR) is 145 cm³/mol. The number of carbonyl (C=O) groups is 2. The molecule has 1 saturated carbocycles. The van der Waals surface area contributed by atoms with E-state index in [0.29, 0.717) is 18.8 Å². The monoisotopic (exact) mass is 487 g/mol. The number of hydrogen-bond donors (Lipinski definition) is 1. The van der Waals surface area contributed by atoms with Crippen molar-refractivity contribution in [3.8, 4) is 11.3 Å². The summed E-state index contributed by atoms with van der Waals surface area (Å²) < 4.78 is 2.08. The highest BCUT2D eigenvalue weighted by Crippen LogP contribution is 2.34. The Morgan fingerprint density at radius 3 is 2.39 bits per heavy atom. The first-order valence-electron chi connectivity index (χ1n) is 14.1. The highest BCUT2D eigenvalue weighted by molar-refractivity contribution is 6.00. The minimum absolute atomic E-state index is 0.00240. The lowest BCUT2D eigenvalue weighted by Gasteiger charge is -2.45. The van der Waals surface area contributed by atoms with E-state index in [9.17, 15) is 9.59 Å². The van der Waals surface area contributed by atoms with Gasteiger partial charge in [0.2, 0.25) is 5.91 Å². The molecule has 0 unspecified atom stereocenters. The Bertz CT molecular complexity index is 1090. The smallest absolute Gasteiger partial charge is 0.271 e. The van der Waals surface area contributed by atoms with Gasteiger partial charge in [0.1, 0.15) is 11.2 Å². The highest BCUT2D eigenvalue weighted by atomic mass is 16.2. The number of aromatic nitrogens is 1. The number of fused-ring (bicyclic) bond motifs is 1. The molecule has 3 aliphatic rings. The summed E-state index contributed by atoms with van der Waals surface area (Å²) in [6.45, 7) is 3.05. The van der Waals surface area contributed by atoms with Crippen LogP contribution in [0.15, 0.2) is 54.1 Å². The lowest BCUT2D eigenvalue weighted by atomic mass is 9.90. The maximum Gasteiger partial charge on any atom is 0.271 e. The van der Waals surface area contributed by atoms with Gasteiger partial charge in [-0.1, -0.05) is 74.1 Å². The maximum absolute atomic E-state index is 14.0. The molecule has 5 heteroatoms. The Morgan fingerprint density at radius 1 is 0.944 bits per heavy atom. The number of benzene rings is 1. The molecule has 0 bridgehead atoms. The predicted octanol–water partition coefficient (Wildman–Crippen LogP) is 6.49. The second-order valence-electron chi connectivity index (χ2n) is 11.2. The van der Waals surface area contributed by atoms with Crippen LogP contribution in [-0.4, -0.2) is 39.4 Å². The number of nitrogens with one attached hydrogen (secondary N) is 1. The molecule has 0 saturated heterocycles. The van der Waals surface area contributed by atoms with Crippen LogP contribution in [0.5, 0.6) is 0 Å². The van der Waals surface area contributed by atoms with Gasteiger partial charge >= 0.3 is 0 Å². The maximum atomic E-state index is 14.0. The summed E-state index contributed by atoms with van der Waals surface area (Å²) in [5, 5.41) is 3.41. The Balaban J connectivity index is 1.45. The van der Waals surface area contributed by atoms with Gasteiger partial charge in [-0.15, -0.1) is 0 Å². The van der Waals surface area contributed by atoms with Crippen molar-refractivity contribution in [3.05, 3.63) is 59.8 Å². The molecular formula is C31H41N3O2. The number of rotatable bonds is 6. The minimum Gasteiger partial charge on any atom is -0.351 e. The summed E-state index contributed by atoms with van der Waals surface area (Å²) in [6.07, 6.45) is 16.1. The summed E-state index contributed by atoms with van der Waals surface area (Å²) in [5.41, 5.74) is 3.26. The van der Waals surface area contributed by atoms with Gasteiger partial charge in [0.25, 0.3) is 5.91 Å². The molecule has 2 aliphatic carbocycles. The van der Waals surface area contributed by atoms with Crippen LogP contribution in [0.25, 0.3) is 11.3 Å². The second-order valence-corrected chi connectivity index (χ2v) is 11.2. The van der Waals surface area contributed by atoms with Gasteiger partial charge in [0, 0.05) is 18.3 Å². The SMILES string of the molecule is C[C@@]1(C(=O)NC2CCCCCCC2)Cn2c(ccc2-c2ccccc2)C(=O)N1CCC1=CCCCC1. The Labute approximate surface area is 215 Å². The largest absolute Gasteiger partial charge is 0.351 e. The van der Waals surface area contributed by atoms with Crippen LogP contribution in [-0.2, 0) is 11.3 Å². The molecule has 5 rings (SSSR count). The van der Waals surface area contributed by atoms with E-state index in [1.165, 1.54) is 50.5 Å². The van der Waals surface area contributed by atoms with E-state index in [1.807, 2.05) is 42.2 Å². The zero-order valence-electron chi connectivity index (χ0n) is 21.8. The van der Waals surface area contributed by atoms with Crippen LogP contribution in [0.3, 0.4) is 0 Å². The van der Waals surface area contributed by atoms with Crippen LogP contribution in [0.1, 0.15) is 94.5 Å². The van der Waals surface area contributed by atoms with Crippen LogP contribution in [0.2, 0.25) is 0 Å². The fourth-order valence-electron chi connectivity index (χ4n) is 6.31. The third-order valence-electron chi connectivity index (χ3n) is 8.55. The lowest BCUT2D eigenvalue weighted by molar-refractivity contribution is -0.133. The van der Waals surface area contributed by atoms with Crippen LogP contribution < -0.4 is 5.32 Å².